The number of fused-ring (bicyclic) bond motifs is 1. The lowest BCUT2D eigenvalue weighted by molar-refractivity contribution is -0.146. The Hall–Kier alpha value is -1.93. The molecule has 0 spiro atoms. The van der Waals surface area contributed by atoms with Crippen molar-refractivity contribution in [2.45, 2.75) is 63.3 Å². The molecule has 2 aliphatic rings. The molecular weight excluding hydrogens is 340 g/mol. The van der Waals surface area contributed by atoms with Gasteiger partial charge in [0.15, 0.2) is 0 Å². The SMILES string of the molecule is C[C@H](N)C(=O)N[C@H]1CC[C@H]2CC[C@@H](C(=O)NCc3ccsc3)N2C1=O. The molecule has 3 heterocycles. The van der Waals surface area contributed by atoms with Gasteiger partial charge in [-0.15, -0.1) is 0 Å². The average molecular weight is 364 g/mol. The van der Waals surface area contributed by atoms with E-state index in [-0.39, 0.29) is 23.8 Å². The lowest BCUT2D eigenvalue weighted by atomic mass is 9.97. The minimum Gasteiger partial charge on any atom is -0.350 e. The summed E-state index contributed by atoms with van der Waals surface area (Å²) in [4.78, 5) is 38.9. The van der Waals surface area contributed by atoms with Gasteiger partial charge in [0, 0.05) is 12.6 Å². The van der Waals surface area contributed by atoms with Crippen LogP contribution in [0, 0.1) is 0 Å². The van der Waals surface area contributed by atoms with Crippen molar-refractivity contribution in [3.63, 3.8) is 0 Å². The van der Waals surface area contributed by atoms with Crippen LogP contribution in [-0.4, -0.2) is 46.8 Å². The fraction of sp³-hybridized carbons (Fsp3) is 0.588. The third kappa shape index (κ3) is 3.85. The largest absolute Gasteiger partial charge is 0.350 e. The fourth-order valence-corrected chi connectivity index (χ4v) is 4.23. The van der Waals surface area contributed by atoms with Crippen LogP contribution in [0.15, 0.2) is 16.8 Å². The van der Waals surface area contributed by atoms with Crippen LogP contribution in [0.1, 0.15) is 38.2 Å². The minimum atomic E-state index is -0.659. The molecule has 1 aromatic rings. The molecule has 0 unspecified atom stereocenters. The zero-order valence-corrected chi connectivity index (χ0v) is 15.1. The molecule has 25 heavy (non-hydrogen) atoms. The Morgan fingerprint density at radius 3 is 2.80 bits per heavy atom. The summed E-state index contributed by atoms with van der Waals surface area (Å²) in [5.74, 6) is -0.630. The number of piperidine rings is 1. The highest BCUT2D eigenvalue weighted by molar-refractivity contribution is 7.07. The van der Waals surface area contributed by atoms with E-state index < -0.39 is 18.1 Å². The van der Waals surface area contributed by atoms with E-state index in [1.807, 2.05) is 16.8 Å². The maximum absolute atomic E-state index is 12.8. The molecule has 0 saturated carbocycles. The van der Waals surface area contributed by atoms with Crippen molar-refractivity contribution < 1.29 is 14.4 Å². The molecule has 136 valence electrons. The van der Waals surface area contributed by atoms with E-state index in [1.165, 1.54) is 0 Å². The lowest BCUT2D eigenvalue weighted by Crippen LogP contribution is -2.59. The summed E-state index contributed by atoms with van der Waals surface area (Å²) in [5.41, 5.74) is 6.62. The maximum atomic E-state index is 12.8. The van der Waals surface area contributed by atoms with E-state index in [0.717, 1.165) is 18.4 Å². The summed E-state index contributed by atoms with van der Waals surface area (Å²) in [6.07, 6.45) is 2.89. The molecule has 4 N–H and O–H groups in total. The minimum absolute atomic E-state index is 0.0906. The van der Waals surface area contributed by atoms with Crippen molar-refractivity contribution in [2.24, 2.45) is 5.73 Å². The van der Waals surface area contributed by atoms with Crippen LogP contribution < -0.4 is 16.4 Å². The number of nitrogens with zero attached hydrogens (tertiary/aromatic N) is 1. The molecule has 7 nitrogen and oxygen atoms in total. The molecule has 1 aromatic heterocycles. The van der Waals surface area contributed by atoms with E-state index in [4.69, 9.17) is 5.73 Å². The number of nitrogens with one attached hydrogen (secondary N) is 2. The van der Waals surface area contributed by atoms with Crippen LogP contribution in [0.4, 0.5) is 0 Å². The van der Waals surface area contributed by atoms with Gasteiger partial charge in [0.1, 0.15) is 12.1 Å². The van der Waals surface area contributed by atoms with Crippen molar-refractivity contribution in [1.82, 2.24) is 15.5 Å². The fourth-order valence-electron chi connectivity index (χ4n) is 3.56. The molecular formula is C17H24N4O3S. The van der Waals surface area contributed by atoms with Crippen LogP contribution >= 0.6 is 11.3 Å². The molecule has 3 amide bonds. The summed E-state index contributed by atoms with van der Waals surface area (Å²) in [7, 11) is 0. The molecule has 0 radical (unpaired) electrons. The number of amides is 3. The second kappa shape index (κ2) is 7.53. The van der Waals surface area contributed by atoms with Gasteiger partial charge in [-0.2, -0.15) is 11.3 Å². The predicted octanol–water partition coefficient (Wildman–Crippen LogP) is 0.350. The number of rotatable bonds is 5. The van der Waals surface area contributed by atoms with Crippen molar-refractivity contribution in [3.05, 3.63) is 22.4 Å². The highest BCUT2D eigenvalue weighted by Crippen LogP contribution is 2.32. The van der Waals surface area contributed by atoms with Crippen LogP contribution in [0.3, 0.4) is 0 Å². The van der Waals surface area contributed by atoms with Gasteiger partial charge in [0.25, 0.3) is 0 Å². The summed E-state index contributed by atoms with van der Waals surface area (Å²) < 4.78 is 0. The lowest BCUT2D eigenvalue weighted by Gasteiger charge is -2.38. The van der Waals surface area contributed by atoms with Crippen LogP contribution in [0.2, 0.25) is 0 Å². The van der Waals surface area contributed by atoms with E-state index in [2.05, 4.69) is 10.6 Å². The molecule has 0 aromatic carbocycles. The van der Waals surface area contributed by atoms with Crippen molar-refractivity contribution in [1.29, 1.82) is 0 Å². The summed E-state index contributed by atoms with van der Waals surface area (Å²) in [5, 5.41) is 9.58. The maximum Gasteiger partial charge on any atom is 0.246 e. The molecule has 3 rings (SSSR count). The number of hydrogen-bond acceptors (Lipinski definition) is 5. The van der Waals surface area contributed by atoms with E-state index in [9.17, 15) is 14.4 Å². The van der Waals surface area contributed by atoms with Gasteiger partial charge < -0.3 is 21.3 Å². The normalized spacial score (nSPS) is 26.9. The number of carbonyl (C=O) groups is 3. The zero-order valence-electron chi connectivity index (χ0n) is 14.2. The monoisotopic (exact) mass is 364 g/mol. The molecule has 8 heteroatoms. The average Bonchev–Trinajstić information content (AvgIpc) is 3.24. The number of nitrogens with two attached hydrogens (primary N) is 1. The van der Waals surface area contributed by atoms with Crippen molar-refractivity contribution in [3.8, 4) is 0 Å². The Morgan fingerprint density at radius 2 is 2.12 bits per heavy atom. The number of thiophene rings is 1. The Morgan fingerprint density at radius 1 is 1.36 bits per heavy atom. The molecule has 4 atom stereocenters. The Kier molecular flexibility index (Phi) is 5.39. The van der Waals surface area contributed by atoms with Gasteiger partial charge >= 0.3 is 0 Å². The zero-order chi connectivity index (χ0) is 18.0. The van der Waals surface area contributed by atoms with Crippen LogP contribution in [0.5, 0.6) is 0 Å². The summed E-state index contributed by atoms with van der Waals surface area (Å²) >= 11 is 1.58. The van der Waals surface area contributed by atoms with Crippen LogP contribution in [-0.2, 0) is 20.9 Å². The van der Waals surface area contributed by atoms with Gasteiger partial charge in [-0.3, -0.25) is 14.4 Å². The van der Waals surface area contributed by atoms with Crippen LogP contribution in [0.25, 0.3) is 0 Å². The highest BCUT2D eigenvalue weighted by atomic mass is 32.1. The molecule has 2 fully saturated rings. The van der Waals surface area contributed by atoms with Gasteiger partial charge in [0.05, 0.1) is 6.04 Å². The first kappa shape index (κ1) is 17.9. The Labute approximate surface area is 150 Å². The van der Waals surface area contributed by atoms with E-state index >= 15 is 0 Å². The van der Waals surface area contributed by atoms with Gasteiger partial charge in [-0.25, -0.2) is 0 Å². The highest BCUT2D eigenvalue weighted by Gasteiger charge is 2.46. The third-order valence-corrected chi connectivity index (χ3v) is 5.66. The van der Waals surface area contributed by atoms with Crippen molar-refractivity contribution >= 4 is 29.1 Å². The second-order valence-corrected chi connectivity index (χ2v) is 7.55. The van der Waals surface area contributed by atoms with E-state index in [0.29, 0.717) is 19.4 Å². The number of carbonyl (C=O) groups excluding carboxylic acids is 3. The van der Waals surface area contributed by atoms with Gasteiger partial charge in [-0.1, -0.05) is 0 Å². The first-order chi connectivity index (χ1) is 12.0. The standard InChI is InChI=1S/C17H24N4O3S/c1-10(18)15(22)20-13-4-2-12-3-5-14(21(12)17(13)24)16(23)19-8-11-6-7-25-9-11/h6-7,9-10,12-14H,2-5,8,18H2,1H3,(H,19,23)(H,20,22)/t10-,12-,13-,14-/m0/s1. The molecule has 0 bridgehead atoms. The van der Waals surface area contributed by atoms with Gasteiger partial charge in [0.2, 0.25) is 17.7 Å². The van der Waals surface area contributed by atoms with Crippen molar-refractivity contribution in [2.75, 3.05) is 0 Å². The molecule has 2 saturated heterocycles. The predicted molar refractivity (Wildman–Crippen MR) is 94.6 cm³/mol. The van der Waals surface area contributed by atoms with E-state index in [1.54, 1.807) is 23.2 Å². The topological polar surface area (TPSA) is 105 Å². The summed E-state index contributed by atoms with van der Waals surface area (Å²) in [6.45, 7) is 2.05. The smallest absolute Gasteiger partial charge is 0.246 e. The summed E-state index contributed by atoms with van der Waals surface area (Å²) in [6, 6.07) is 0.362. The first-order valence-corrected chi connectivity index (χ1v) is 9.58. The first-order valence-electron chi connectivity index (χ1n) is 8.64. The Bertz CT molecular complexity index is 646. The number of hydrogen-bond donors (Lipinski definition) is 3. The molecule has 0 aliphatic carbocycles. The molecule has 2 aliphatic heterocycles. The van der Waals surface area contributed by atoms with Gasteiger partial charge in [-0.05, 0) is 55.0 Å². The third-order valence-electron chi connectivity index (χ3n) is 4.92. The second-order valence-electron chi connectivity index (χ2n) is 6.77. The quantitative estimate of drug-likeness (QED) is 0.701. The Balaban J connectivity index is 1.63.